The van der Waals surface area contributed by atoms with Crippen LogP contribution >= 0.6 is 0 Å². The van der Waals surface area contributed by atoms with Crippen molar-refractivity contribution in [1.82, 2.24) is 5.16 Å². The molecule has 0 aliphatic carbocycles. The number of benzene rings is 1. The molecule has 0 amide bonds. The minimum atomic E-state index is -0.911. The molecule has 0 aliphatic rings. The highest BCUT2D eigenvalue weighted by atomic mass is 19.2. The Morgan fingerprint density at radius 3 is 2.53 bits per heavy atom. The number of hydrogen-bond acceptors (Lipinski definition) is 3. The quantitative estimate of drug-likeness (QED) is 0.786. The van der Waals surface area contributed by atoms with Crippen LogP contribution in [0.4, 0.5) is 14.7 Å². The van der Waals surface area contributed by atoms with Crippen LogP contribution < -0.4 is 5.73 Å². The molecule has 0 saturated heterocycles. The van der Waals surface area contributed by atoms with Gasteiger partial charge in [-0.15, -0.1) is 0 Å². The molecule has 2 rings (SSSR count). The Kier molecular flexibility index (Phi) is 2.15. The van der Waals surface area contributed by atoms with Gasteiger partial charge in [0.1, 0.15) is 5.69 Å². The van der Waals surface area contributed by atoms with Crippen LogP contribution in [0.5, 0.6) is 0 Å². The molecule has 78 valence electrons. The third-order valence-electron chi connectivity index (χ3n) is 2.03. The molecule has 1 heterocycles. The van der Waals surface area contributed by atoms with Crippen LogP contribution in [0.1, 0.15) is 5.56 Å². The average Bonchev–Trinajstić information content (AvgIpc) is 2.60. The number of hydrogen-bond donors (Lipinski definition) is 1. The van der Waals surface area contributed by atoms with Gasteiger partial charge in [0.25, 0.3) is 0 Å². The SMILES string of the molecule is Cc1cc(-c2cc(N)on2)cc(F)c1F. The minimum absolute atomic E-state index is 0.132. The normalized spacial score (nSPS) is 10.6. The monoisotopic (exact) mass is 210 g/mol. The summed E-state index contributed by atoms with van der Waals surface area (Å²) in [5.74, 6) is -1.63. The minimum Gasteiger partial charge on any atom is -0.368 e. The first kappa shape index (κ1) is 9.64. The molecule has 0 unspecified atom stereocenters. The Balaban J connectivity index is 2.55. The summed E-state index contributed by atoms with van der Waals surface area (Å²) in [5.41, 5.74) is 6.36. The van der Waals surface area contributed by atoms with Gasteiger partial charge in [0.15, 0.2) is 11.6 Å². The predicted molar refractivity (Wildman–Crippen MR) is 51.0 cm³/mol. The highest BCUT2D eigenvalue weighted by Gasteiger charge is 2.11. The van der Waals surface area contributed by atoms with E-state index in [0.29, 0.717) is 11.3 Å². The largest absolute Gasteiger partial charge is 0.368 e. The molecular formula is C10H8F2N2O. The van der Waals surface area contributed by atoms with Gasteiger partial charge in [-0.1, -0.05) is 5.16 Å². The number of halogens is 2. The van der Waals surface area contributed by atoms with Crippen molar-refractivity contribution in [3.05, 3.63) is 35.4 Å². The van der Waals surface area contributed by atoms with Gasteiger partial charge in [-0.05, 0) is 24.6 Å². The van der Waals surface area contributed by atoms with E-state index in [1.807, 2.05) is 0 Å². The van der Waals surface area contributed by atoms with Gasteiger partial charge < -0.3 is 10.3 Å². The number of anilines is 1. The summed E-state index contributed by atoms with van der Waals surface area (Å²) >= 11 is 0. The molecule has 1 aromatic carbocycles. The third kappa shape index (κ3) is 1.68. The first-order chi connectivity index (χ1) is 7.08. The molecule has 1 aromatic heterocycles. The van der Waals surface area contributed by atoms with Gasteiger partial charge in [0.2, 0.25) is 5.88 Å². The van der Waals surface area contributed by atoms with Crippen molar-refractivity contribution in [3.63, 3.8) is 0 Å². The Hall–Kier alpha value is -1.91. The van der Waals surface area contributed by atoms with Crippen molar-refractivity contribution in [3.8, 4) is 11.3 Å². The molecule has 15 heavy (non-hydrogen) atoms. The highest BCUT2D eigenvalue weighted by molar-refractivity contribution is 5.62. The van der Waals surface area contributed by atoms with Crippen LogP contribution in [-0.2, 0) is 0 Å². The summed E-state index contributed by atoms with van der Waals surface area (Å²) in [6, 6.07) is 3.99. The van der Waals surface area contributed by atoms with Gasteiger partial charge in [-0.3, -0.25) is 0 Å². The average molecular weight is 210 g/mol. The fourth-order valence-electron chi connectivity index (χ4n) is 1.30. The standard InChI is InChI=1S/C10H8F2N2O/c1-5-2-6(3-7(11)10(5)12)8-4-9(13)15-14-8/h2-4H,13H2,1H3. The van der Waals surface area contributed by atoms with Crippen LogP contribution in [0.25, 0.3) is 11.3 Å². The van der Waals surface area contributed by atoms with Crippen LogP contribution in [-0.4, -0.2) is 5.16 Å². The second-order valence-electron chi connectivity index (χ2n) is 3.20. The zero-order valence-corrected chi connectivity index (χ0v) is 7.92. The Morgan fingerprint density at radius 2 is 2.00 bits per heavy atom. The van der Waals surface area contributed by atoms with Crippen molar-refractivity contribution < 1.29 is 13.3 Å². The maximum atomic E-state index is 13.1. The van der Waals surface area contributed by atoms with Gasteiger partial charge >= 0.3 is 0 Å². The lowest BCUT2D eigenvalue weighted by atomic mass is 10.1. The summed E-state index contributed by atoms with van der Waals surface area (Å²) in [5, 5.41) is 3.61. The first-order valence-electron chi connectivity index (χ1n) is 4.26. The number of rotatable bonds is 1. The summed E-state index contributed by atoms with van der Waals surface area (Å²) in [6.45, 7) is 1.48. The predicted octanol–water partition coefficient (Wildman–Crippen LogP) is 2.51. The Morgan fingerprint density at radius 1 is 1.27 bits per heavy atom. The zero-order chi connectivity index (χ0) is 11.0. The van der Waals surface area contributed by atoms with E-state index in [4.69, 9.17) is 5.73 Å². The molecule has 0 saturated carbocycles. The Bertz CT molecular complexity index is 485. The van der Waals surface area contributed by atoms with Crippen LogP contribution in [0, 0.1) is 18.6 Å². The first-order valence-corrected chi connectivity index (χ1v) is 4.26. The van der Waals surface area contributed by atoms with Crippen LogP contribution in [0.2, 0.25) is 0 Å². The van der Waals surface area contributed by atoms with E-state index < -0.39 is 11.6 Å². The number of nitrogens with zero attached hydrogens (tertiary/aromatic N) is 1. The lowest BCUT2D eigenvalue weighted by Gasteiger charge is -2.01. The van der Waals surface area contributed by atoms with Crippen molar-refractivity contribution in [1.29, 1.82) is 0 Å². The second kappa shape index (κ2) is 3.34. The molecule has 0 radical (unpaired) electrons. The van der Waals surface area contributed by atoms with E-state index in [9.17, 15) is 8.78 Å². The van der Waals surface area contributed by atoms with Gasteiger partial charge in [0.05, 0.1) is 0 Å². The van der Waals surface area contributed by atoms with E-state index in [0.717, 1.165) is 6.07 Å². The summed E-state index contributed by atoms with van der Waals surface area (Å²) in [4.78, 5) is 0. The lowest BCUT2D eigenvalue weighted by molar-refractivity contribution is 0.439. The van der Waals surface area contributed by atoms with Crippen LogP contribution in [0.15, 0.2) is 22.7 Å². The van der Waals surface area contributed by atoms with E-state index in [2.05, 4.69) is 9.68 Å². The van der Waals surface area contributed by atoms with Gasteiger partial charge in [-0.25, -0.2) is 8.78 Å². The van der Waals surface area contributed by atoms with Gasteiger partial charge in [0, 0.05) is 11.6 Å². The molecular weight excluding hydrogens is 202 g/mol. The summed E-state index contributed by atoms with van der Waals surface area (Å²) < 4.78 is 30.7. The van der Waals surface area contributed by atoms with Crippen molar-refractivity contribution in [2.75, 3.05) is 5.73 Å². The molecule has 0 spiro atoms. The van der Waals surface area contributed by atoms with Crippen LogP contribution in [0.3, 0.4) is 0 Å². The number of nitrogen functional groups attached to an aromatic ring is 1. The zero-order valence-electron chi connectivity index (χ0n) is 7.92. The number of aromatic nitrogens is 1. The lowest BCUT2D eigenvalue weighted by Crippen LogP contribution is -1.90. The maximum Gasteiger partial charge on any atom is 0.222 e. The van der Waals surface area contributed by atoms with Crippen molar-refractivity contribution in [2.45, 2.75) is 6.92 Å². The topological polar surface area (TPSA) is 52.0 Å². The van der Waals surface area contributed by atoms with E-state index in [1.165, 1.54) is 19.1 Å². The van der Waals surface area contributed by atoms with E-state index in [-0.39, 0.29) is 11.4 Å². The summed E-state index contributed by atoms with van der Waals surface area (Å²) in [6.07, 6.45) is 0. The molecule has 0 bridgehead atoms. The molecule has 2 aromatic rings. The fourth-order valence-corrected chi connectivity index (χ4v) is 1.30. The van der Waals surface area contributed by atoms with E-state index in [1.54, 1.807) is 0 Å². The second-order valence-corrected chi connectivity index (χ2v) is 3.20. The molecule has 0 atom stereocenters. The smallest absolute Gasteiger partial charge is 0.222 e. The van der Waals surface area contributed by atoms with E-state index >= 15 is 0 Å². The summed E-state index contributed by atoms with van der Waals surface area (Å²) in [7, 11) is 0. The molecule has 5 heteroatoms. The fraction of sp³-hybridized carbons (Fsp3) is 0.100. The molecule has 3 nitrogen and oxygen atoms in total. The highest BCUT2D eigenvalue weighted by Crippen LogP contribution is 2.24. The molecule has 2 N–H and O–H groups in total. The van der Waals surface area contributed by atoms with Crippen molar-refractivity contribution >= 4 is 5.88 Å². The Labute approximate surface area is 84.5 Å². The number of nitrogens with two attached hydrogens (primary N) is 1. The maximum absolute atomic E-state index is 13.1. The van der Waals surface area contributed by atoms with Gasteiger partial charge in [-0.2, -0.15) is 0 Å². The molecule has 0 fully saturated rings. The molecule has 0 aliphatic heterocycles. The number of aryl methyl sites for hydroxylation is 1. The third-order valence-corrected chi connectivity index (χ3v) is 2.03. The van der Waals surface area contributed by atoms with Crippen molar-refractivity contribution in [2.24, 2.45) is 0 Å².